The molecule has 1 fully saturated rings. The maximum atomic E-state index is 12.5. The van der Waals surface area contributed by atoms with E-state index < -0.39 is 12.1 Å². The van der Waals surface area contributed by atoms with Gasteiger partial charge < -0.3 is 4.90 Å². The van der Waals surface area contributed by atoms with Gasteiger partial charge in [0.15, 0.2) is 5.82 Å². The number of nitrogens with zero attached hydrogens (tertiary/aromatic N) is 5. The average Bonchev–Trinajstić information content (AvgIpc) is 2.65. The molecule has 0 saturated carbocycles. The Morgan fingerprint density at radius 1 is 1.10 bits per heavy atom. The quantitative estimate of drug-likeness (QED) is 0.853. The Balaban J connectivity index is 1.81. The first-order valence-corrected chi connectivity index (χ1v) is 6.52. The minimum absolute atomic E-state index is 0.0585. The Bertz CT molecular complexity index is 658. The number of rotatable bonds is 2. The van der Waals surface area contributed by atoms with Gasteiger partial charge in [-0.1, -0.05) is 0 Å². The van der Waals surface area contributed by atoms with E-state index in [-0.39, 0.29) is 13.1 Å². The molecule has 112 valence electrons. The van der Waals surface area contributed by atoms with Gasteiger partial charge >= 0.3 is 6.18 Å². The summed E-state index contributed by atoms with van der Waals surface area (Å²) in [7, 11) is 0. The van der Waals surface area contributed by atoms with E-state index in [9.17, 15) is 13.2 Å². The van der Waals surface area contributed by atoms with Crippen LogP contribution in [-0.4, -0.2) is 39.0 Å². The molecule has 21 heavy (non-hydrogen) atoms. The van der Waals surface area contributed by atoms with Gasteiger partial charge in [-0.05, 0) is 19.9 Å². The third kappa shape index (κ3) is 2.57. The van der Waals surface area contributed by atoms with E-state index in [0.29, 0.717) is 11.6 Å². The predicted octanol–water partition coefficient (Wildman–Crippen LogP) is 2.28. The third-order valence-electron chi connectivity index (χ3n) is 3.53. The number of hydrogen-bond acceptors (Lipinski definition) is 4. The molecule has 0 atom stereocenters. The van der Waals surface area contributed by atoms with Crippen molar-refractivity contribution >= 4 is 5.82 Å². The third-order valence-corrected chi connectivity index (χ3v) is 3.53. The topological polar surface area (TPSA) is 46.8 Å². The molecule has 0 radical (unpaired) electrons. The fourth-order valence-corrected chi connectivity index (χ4v) is 2.36. The fraction of sp³-hybridized carbons (Fsp3) is 0.462. The van der Waals surface area contributed by atoms with Crippen LogP contribution in [0.25, 0.3) is 5.82 Å². The largest absolute Gasteiger partial charge is 0.395 e. The number of aryl methyl sites for hydroxylation is 2. The standard InChI is InChI=1S/C13H14F3N5/c1-8-3-9(2)21(19-8)12-4-11(17-7-18-12)20-5-10(6-20)13(14,15)16/h3-4,7,10H,5-6H2,1-2H3. The number of alkyl halides is 3. The Kier molecular flexibility index (Phi) is 3.11. The van der Waals surface area contributed by atoms with Gasteiger partial charge in [0.25, 0.3) is 0 Å². The summed E-state index contributed by atoms with van der Waals surface area (Å²) in [4.78, 5) is 9.77. The Hall–Kier alpha value is -2.12. The van der Waals surface area contributed by atoms with Crippen LogP contribution in [0.1, 0.15) is 11.4 Å². The van der Waals surface area contributed by atoms with Gasteiger partial charge in [0.05, 0.1) is 11.6 Å². The van der Waals surface area contributed by atoms with Crippen LogP contribution < -0.4 is 4.90 Å². The smallest absolute Gasteiger partial charge is 0.355 e. The summed E-state index contributed by atoms with van der Waals surface area (Å²) in [6.45, 7) is 3.65. The molecule has 5 nitrogen and oxygen atoms in total. The first-order valence-electron chi connectivity index (χ1n) is 6.52. The zero-order valence-corrected chi connectivity index (χ0v) is 11.6. The lowest BCUT2D eigenvalue weighted by Crippen LogP contribution is -2.53. The highest BCUT2D eigenvalue weighted by Crippen LogP contribution is 2.35. The molecule has 2 aromatic rings. The van der Waals surface area contributed by atoms with E-state index in [2.05, 4.69) is 15.1 Å². The van der Waals surface area contributed by atoms with Crippen molar-refractivity contribution in [3.8, 4) is 5.82 Å². The minimum atomic E-state index is -4.14. The molecule has 8 heteroatoms. The highest BCUT2D eigenvalue weighted by Gasteiger charge is 2.47. The first kappa shape index (κ1) is 13.8. The lowest BCUT2D eigenvalue weighted by Gasteiger charge is -2.40. The van der Waals surface area contributed by atoms with Gasteiger partial charge in [0.1, 0.15) is 12.1 Å². The van der Waals surface area contributed by atoms with Crippen LogP contribution in [-0.2, 0) is 0 Å². The second kappa shape index (κ2) is 4.71. The summed E-state index contributed by atoms with van der Waals surface area (Å²) in [6.07, 6.45) is -2.79. The first-order chi connectivity index (χ1) is 9.84. The van der Waals surface area contributed by atoms with Crippen LogP contribution >= 0.6 is 0 Å². The van der Waals surface area contributed by atoms with Crippen LogP contribution in [0.5, 0.6) is 0 Å². The van der Waals surface area contributed by atoms with E-state index >= 15 is 0 Å². The van der Waals surface area contributed by atoms with Gasteiger partial charge in [0, 0.05) is 24.8 Å². The molecule has 0 unspecified atom stereocenters. The van der Waals surface area contributed by atoms with Crippen LogP contribution in [0.15, 0.2) is 18.5 Å². The molecule has 0 amide bonds. The second-order valence-corrected chi connectivity index (χ2v) is 5.22. The molecule has 1 saturated heterocycles. The van der Waals surface area contributed by atoms with Crippen molar-refractivity contribution in [2.75, 3.05) is 18.0 Å². The van der Waals surface area contributed by atoms with Crippen LogP contribution in [0.3, 0.4) is 0 Å². The predicted molar refractivity (Wildman–Crippen MR) is 70.4 cm³/mol. The molecular weight excluding hydrogens is 283 g/mol. The molecule has 0 bridgehead atoms. The summed E-state index contributed by atoms with van der Waals surface area (Å²) >= 11 is 0. The Morgan fingerprint density at radius 3 is 2.33 bits per heavy atom. The van der Waals surface area contributed by atoms with Crippen molar-refractivity contribution in [3.05, 3.63) is 29.8 Å². The van der Waals surface area contributed by atoms with Gasteiger partial charge in [-0.25, -0.2) is 14.6 Å². The van der Waals surface area contributed by atoms with Gasteiger partial charge in [0.2, 0.25) is 0 Å². The van der Waals surface area contributed by atoms with Crippen molar-refractivity contribution in [2.24, 2.45) is 5.92 Å². The zero-order chi connectivity index (χ0) is 15.2. The van der Waals surface area contributed by atoms with Crippen LogP contribution in [0.4, 0.5) is 19.0 Å². The van der Waals surface area contributed by atoms with Crippen LogP contribution in [0, 0.1) is 19.8 Å². The van der Waals surface area contributed by atoms with E-state index in [4.69, 9.17) is 0 Å². The van der Waals surface area contributed by atoms with Crippen molar-refractivity contribution in [2.45, 2.75) is 20.0 Å². The summed E-state index contributed by atoms with van der Waals surface area (Å²) in [6, 6.07) is 3.57. The lowest BCUT2D eigenvalue weighted by atomic mass is 10.00. The molecule has 2 aromatic heterocycles. The second-order valence-electron chi connectivity index (χ2n) is 5.22. The Labute approximate surface area is 119 Å². The zero-order valence-electron chi connectivity index (χ0n) is 11.6. The molecular formula is C13H14F3N5. The van der Waals surface area contributed by atoms with Crippen molar-refractivity contribution in [1.82, 2.24) is 19.7 Å². The summed E-state index contributed by atoms with van der Waals surface area (Å²) in [5, 5.41) is 4.31. The molecule has 3 rings (SSSR count). The Morgan fingerprint density at radius 2 is 1.76 bits per heavy atom. The molecule has 0 aromatic carbocycles. The molecule has 1 aliphatic heterocycles. The lowest BCUT2D eigenvalue weighted by molar-refractivity contribution is -0.180. The molecule has 3 heterocycles. The number of halogens is 3. The van der Waals surface area contributed by atoms with Crippen LogP contribution in [0.2, 0.25) is 0 Å². The number of hydrogen-bond donors (Lipinski definition) is 0. The maximum Gasteiger partial charge on any atom is 0.395 e. The van der Waals surface area contributed by atoms with Gasteiger partial charge in [-0.2, -0.15) is 18.3 Å². The van der Waals surface area contributed by atoms with Gasteiger partial charge in [-0.3, -0.25) is 0 Å². The average molecular weight is 297 g/mol. The van der Waals surface area contributed by atoms with E-state index in [1.54, 1.807) is 15.6 Å². The van der Waals surface area contributed by atoms with E-state index in [1.807, 2.05) is 19.9 Å². The van der Waals surface area contributed by atoms with E-state index in [0.717, 1.165) is 11.4 Å². The highest BCUT2D eigenvalue weighted by molar-refractivity contribution is 5.46. The molecule has 0 aliphatic carbocycles. The molecule has 0 N–H and O–H groups in total. The monoisotopic (exact) mass is 297 g/mol. The number of anilines is 1. The van der Waals surface area contributed by atoms with E-state index in [1.165, 1.54) is 6.33 Å². The SMILES string of the molecule is Cc1cc(C)n(-c2cc(N3CC(C(F)(F)F)C3)ncn2)n1. The summed E-state index contributed by atoms with van der Waals surface area (Å²) < 4.78 is 39.2. The molecule has 1 aliphatic rings. The van der Waals surface area contributed by atoms with Gasteiger partial charge in [-0.15, -0.1) is 0 Å². The summed E-state index contributed by atoms with van der Waals surface area (Å²) in [5.41, 5.74) is 1.77. The highest BCUT2D eigenvalue weighted by atomic mass is 19.4. The molecule has 0 spiro atoms. The van der Waals surface area contributed by atoms with Crippen molar-refractivity contribution in [1.29, 1.82) is 0 Å². The number of aromatic nitrogens is 4. The van der Waals surface area contributed by atoms with Crippen molar-refractivity contribution in [3.63, 3.8) is 0 Å². The normalized spacial score (nSPS) is 16.1. The fourth-order valence-electron chi connectivity index (χ4n) is 2.36. The summed E-state index contributed by atoms with van der Waals surface area (Å²) in [5.74, 6) is -0.223. The minimum Gasteiger partial charge on any atom is -0.355 e. The maximum absolute atomic E-state index is 12.5. The van der Waals surface area contributed by atoms with Crippen molar-refractivity contribution < 1.29 is 13.2 Å².